The Kier molecular flexibility index (Phi) is 7.83. The second-order valence-corrected chi connectivity index (χ2v) is 5.73. The minimum atomic E-state index is 0.0467. The number of benzene rings is 1. The van der Waals surface area contributed by atoms with Gasteiger partial charge in [-0.2, -0.15) is 0 Å². The summed E-state index contributed by atoms with van der Waals surface area (Å²) in [7, 11) is 1.83. The number of likely N-dealkylation sites (N-methyl/N-ethyl adjacent to an activating group) is 1. The molecule has 1 aromatic rings. The average molecular weight is 292 g/mol. The van der Waals surface area contributed by atoms with Gasteiger partial charge in [0.1, 0.15) is 12.4 Å². The number of para-hydroxylation sites is 1. The van der Waals surface area contributed by atoms with Crippen LogP contribution >= 0.6 is 0 Å². The van der Waals surface area contributed by atoms with Crippen molar-refractivity contribution in [2.45, 2.75) is 39.2 Å². The number of carbonyl (C=O) groups is 1. The molecule has 0 spiro atoms. The minimum Gasteiger partial charge on any atom is -0.492 e. The van der Waals surface area contributed by atoms with Gasteiger partial charge in [-0.3, -0.25) is 4.79 Å². The molecule has 4 heteroatoms. The van der Waals surface area contributed by atoms with Crippen LogP contribution in [0, 0.1) is 5.92 Å². The lowest BCUT2D eigenvalue weighted by Gasteiger charge is -2.21. The van der Waals surface area contributed by atoms with E-state index in [2.05, 4.69) is 0 Å². The number of nitrogens with two attached hydrogens (primary N) is 1. The summed E-state index contributed by atoms with van der Waals surface area (Å²) in [5, 5.41) is 0. The molecule has 0 fully saturated rings. The number of carbonyl (C=O) groups excluding carboxylic acids is 1. The highest BCUT2D eigenvalue weighted by atomic mass is 16.5. The lowest BCUT2D eigenvalue weighted by atomic mass is 10.0. The second-order valence-electron chi connectivity index (χ2n) is 5.73. The quantitative estimate of drug-likeness (QED) is 0.761. The van der Waals surface area contributed by atoms with Gasteiger partial charge in [0.25, 0.3) is 0 Å². The van der Waals surface area contributed by atoms with Crippen LogP contribution < -0.4 is 10.5 Å². The second kappa shape index (κ2) is 9.40. The van der Waals surface area contributed by atoms with Gasteiger partial charge in [-0.15, -0.1) is 0 Å². The molecule has 0 aliphatic heterocycles. The Morgan fingerprint density at radius 3 is 2.52 bits per heavy atom. The van der Waals surface area contributed by atoms with E-state index in [1.165, 1.54) is 0 Å². The Balaban J connectivity index is 2.24. The van der Waals surface area contributed by atoms with Gasteiger partial charge in [-0.05, 0) is 31.9 Å². The molecule has 1 amide bonds. The van der Waals surface area contributed by atoms with Crippen LogP contribution in [0.3, 0.4) is 0 Å². The van der Waals surface area contributed by atoms with E-state index in [0.717, 1.165) is 25.0 Å². The van der Waals surface area contributed by atoms with Gasteiger partial charge < -0.3 is 15.4 Å². The van der Waals surface area contributed by atoms with E-state index in [1.54, 1.807) is 4.90 Å². The molecule has 0 bridgehead atoms. The van der Waals surface area contributed by atoms with Crippen molar-refractivity contribution < 1.29 is 9.53 Å². The lowest BCUT2D eigenvalue weighted by Crippen LogP contribution is -2.34. The fraction of sp³-hybridized carbons (Fsp3) is 0.588. The van der Waals surface area contributed by atoms with Crippen LogP contribution in [-0.4, -0.2) is 37.0 Å². The zero-order valence-electron chi connectivity index (χ0n) is 13.4. The summed E-state index contributed by atoms with van der Waals surface area (Å²) in [5.41, 5.74) is 5.72. The van der Waals surface area contributed by atoms with Crippen LogP contribution in [0.25, 0.3) is 0 Å². The normalized spacial score (nSPS) is 13.5. The Morgan fingerprint density at radius 2 is 1.90 bits per heavy atom. The molecular weight excluding hydrogens is 264 g/mol. The van der Waals surface area contributed by atoms with Gasteiger partial charge in [0.2, 0.25) is 5.91 Å². The van der Waals surface area contributed by atoms with Crippen molar-refractivity contribution in [2.75, 3.05) is 20.2 Å². The summed E-state index contributed by atoms with van der Waals surface area (Å²) in [6, 6.07) is 9.86. The zero-order chi connectivity index (χ0) is 15.7. The number of hydrogen-bond acceptors (Lipinski definition) is 3. The van der Waals surface area contributed by atoms with Crippen molar-refractivity contribution in [2.24, 2.45) is 11.7 Å². The van der Waals surface area contributed by atoms with Crippen LogP contribution in [-0.2, 0) is 4.79 Å². The molecule has 0 aromatic heterocycles. The summed E-state index contributed by atoms with van der Waals surface area (Å²) in [4.78, 5) is 13.9. The fourth-order valence-corrected chi connectivity index (χ4v) is 2.17. The molecule has 0 radical (unpaired) electrons. The first kappa shape index (κ1) is 17.5. The predicted molar refractivity (Wildman–Crippen MR) is 86.2 cm³/mol. The number of ether oxygens (including phenoxy) is 1. The zero-order valence-corrected chi connectivity index (χ0v) is 13.4. The molecule has 4 nitrogen and oxygen atoms in total. The smallest absolute Gasteiger partial charge is 0.225 e. The Hall–Kier alpha value is -1.55. The summed E-state index contributed by atoms with van der Waals surface area (Å²) in [6.07, 6.45) is 2.86. The van der Waals surface area contributed by atoms with Crippen molar-refractivity contribution >= 4 is 5.91 Å². The first-order valence-corrected chi connectivity index (χ1v) is 7.69. The number of nitrogens with zero attached hydrogens (tertiary/aromatic N) is 1. The third-order valence-electron chi connectivity index (χ3n) is 3.53. The fourth-order valence-electron chi connectivity index (χ4n) is 2.17. The molecule has 0 aliphatic carbocycles. The van der Waals surface area contributed by atoms with Gasteiger partial charge in [0, 0.05) is 19.0 Å². The van der Waals surface area contributed by atoms with Crippen LogP contribution in [0.15, 0.2) is 30.3 Å². The summed E-state index contributed by atoms with van der Waals surface area (Å²) in [6.45, 7) is 5.10. The largest absolute Gasteiger partial charge is 0.492 e. The van der Waals surface area contributed by atoms with E-state index in [9.17, 15) is 4.79 Å². The molecule has 21 heavy (non-hydrogen) atoms. The van der Waals surface area contributed by atoms with Gasteiger partial charge in [-0.1, -0.05) is 31.5 Å². The van der Waals surface area contributed by atoms with Crippen molar-refractivity contribution in [3.63, 3.8) is 0 Å². The highest BCUT2D eigenvalue weighted by molar-refractivity contribution is 5.78. The summed E-state index contributed by atoms with van der Waals surface area (Å²) >= 11 is 0. The standard InChI is InChI=1S/C17H28N2O2/c1-14(8-7-9-15(2)18)17(20)19(3)12-13-21-16-10-5-4-6-11-16/h4-6,10-11,14-15H,7-9,12-13,18H2,1-3H3. The highest BCUT2D eigenvalue weighted by Crippen LogP contribution is 2.12. The van der Waals surface area contributed by atoms with Crippen LogP contribution in [0.5, 0.6) is 5.75 Å². The van der Waals surface area contributed by atoms with Crippen molar-refractivity contribution in [1.29, 1.82) is 0 Å². The SMILES string of the molecule is CC(N)CCCC(C)C(=O)N(C)CCOc1ccccc1. The third kappa shape index (κ3) is 7.14. The Morgan fingerprint density at radius 1 is 1.24 bits per heavy atom. The van der Waals surface area contributed by atoms with E-state index in [4.69, 9.17) is 10.5 Å². The average Bonchev–Trinajstić information content (AvgIpc) is 2.47. The van der Waals surface area contributed by atoms with Gasteiger partial charge in [0.05, 0.1) is 6.54 Å². The Labute approximate surface area is 128 Å². The molecule has 0 heterocycles. The van der Waals surface area contributed by atoms with Crippen molar-refractivity contribution in [3.8, 4) is 5.75 Å². The molecular formula is C17H28N2O2. The van der Waals surface area contributed by atoms with E-state index in [0.29, 0.717) is 13.2 Å². The maximum absolute atomic E-state index is 12.2. The monoisotopic (exact) mass is 292 g/mol. The Bertz CT molecular complexity index is 407. The van der Waals surface area contributed by atoms with E-state index >= 15 is 0 Å². The topological polar surface area (TPSA) is 55.6 Å². The molecule has 0 saturated carbocycles. The number of amides is 1. The maximum Gasteiger partial charge on any atom is 0.225 e. The minimum absolute atomic E-state index is 0.0467. The maximum atomic E-state index is 12.2. The molecule has 2 unspecified atom stereocenters. The molecule has 2 N–H and O–H groups in total. The van der Waals surface area contributed by atoms with Crippen LogP contribution in [0.4, 0.5) is 0 Å². The predicted octanol–water partition coefficient (Wildman–Crippen LogP) is 2.68. The number of hydrogen-bond donors (Lipinski definition) is 1. The summed E-state index contributed by atoms with van der Waals surface area (Å²) in [5.74, 6) is 1.06. The first-order chi connectivity index (χ1) is 10.0. The molecule has 1 aromatic carbocycles. The van der Waals surface area contributed by atoms with Gasteiger partial charge in [-0.25, -0.2) is 0 Å². The van der Waals surface area contributed by atoms with E-state index < -0.39 is 0 Å². The van der Waals surface area contributed by atoms with Crippen molar-refractivity contribution in [3.05, 3.63) is 30.3 Å². The molecule has 118 valence electrons. The van der Waals surface area contributed by atoms with Crippen LogP contribution in [0.1, 0.15) is 33.1 Å². The lowest BCUT2D eigenvalue weighted by molar-refractivity contribution is -0.134. The van der Waals surface area contributed by atoms with Gasteiger partial charge >= 0.3 is 0 Å². The molecule has 1 rings (SSSR count). The van der Waals surface area contributed by atoms with Crippen LogP contribution in [0.2, 0.25) is 0 Å². The van der Waals surface area contributed by atoms with Crippen molar-refractivity contribution in [1.82, 2.24) is 4.90 Å². The molecule has 2 atom stereocenters. The van der Waals surface area contributed by atoms with E-state index in [1.807, 2.05) is 51.2 Å². The molecule has 0 aliphatic rings. The van der Waals surface area contributed by atoms with Gasteiger partial charge in [0.15, 0.2) is 0 Å². The third-order valence-corrected chi connectivity index (χ3v) is 3.53. The highest BCUT2D eigenvalue weighted by Gasteiger charge is 2.17. The molecule has 0 saturated heterocycles. The number of rotatable bonds is 9. The summed E-state index contributed by atoms with van der Waals surface area (Å²) < 4.78 is 5.61. The van der Waals surface area contributed by atoms with E-state index in [-0.39, 0.29) is 17.9 Å². The first-order valence-electron chi connectivity index (χ1n) is 7.69.